The van der Waals surface area contributed by atoms with E-state index in [4.69, 9.17) is 0 Å². The molecule has 0 aliphatic heterocycles. The van der Waals surface area contributed by atoms with E-state index in [2.05, 4.69) is 10.6 Å². The predicted octanol–water partition coefficient (Wildman–Crippen LogP) is 1.52. The van der Waals surface area contributed by atoms with Crippen molar-refractivity contribution in [3.05, 3.63) is 39.9 Å². The van der Waals surface area contributed by atoms with Crippen LogP contribution in [-0.2, 0) is 0 Å². The van der Waals surface area contributed by atoms with E-state index >= 15 is 0 Å². The summed E-state index contributed by atoms with van der Waals surface area (Å²) in [5, 5.41) is 16.5. The fourth-order valence-corrected chi connectivity index (χ4v) is 1.62. The van der Waals surface area contributed by atoms with Crippen LogP contribution in [0.1, 0.15) is 18.5 Å². The maximum Gasteiger partial charge on any atom is 0.316 e. The molecule has 7 nitrogen and oxygen atoms in total. The quantitative estimate of drug-likeness (QED) is 0.470. The molecule has 0 saturated carbocycles. The molecule has 1 atom stereocenters. The van der Waals surface area contributed by atoms with Crippen LogP contribution in [0.4, 0.5) is 10.5 Å². The zero-order valence-electron chi connectivity index (χ0n) is 11.9. The van der Waals surface area contributed by atoms with Crippen molar-refractivity contribution in [2.24, 2.45) is 0 Å². The zero-order valence-corrected chi connectivity index (χ0v) is 11.9. The Kier molecular flexibility index (Phi) is 5.92. The summed E-state index contributed by atoms with van der Waals surface area (Å²) >= 11 is 0. The Morgan fingerprint density at radius 2 is 1.90 bits per heavy atom. The van der Waals surface area contributed by atoms with Crippen LogP contribution < -0.4 is 10.6 Å². The topological polar surface area (TPSA) is 87.5 Å². The van der Waals surface area contributed by atoms with Crippen molar-refractivity contribution in [1.29, 1.82) is 0 Å². The molecule has 2 amide bonds. The van der Waals surface area contributed by atoms with Crippen LogP contribution in [0, 0.1) is 10.1 Å². The Morgan fingerprint density at radius 1 is 1.30 bits per heavy atom. The van der Waals surface area contributed by atoms with Gasteiger partial charge in [-0.2, -0.15) is 0 Å². The smallest absolute Gasteiger partial charge is 0.316 e. The third-order valence-corrected chi connectivity index (χ3v) is 2.86. The van der Waals surface area contributed by atoms with Crippen molar-refractivity contribution < 1.29 is 9.72 Å². The molecule has 0 radical (unpaired) electrons. The minimum absolute atomic E-state index is 0.0621. The number of nitro groups is 1. The largest absolute Gasteiger partial charge is 0.337 e. The monoisotopic (exact) mass is 280 g/mol. The van der Waals surface area contributed by atoms with Crippen LogP contribution in [0.25, 0.3) is 0 Å². The van der Waals surface area contributed by atoms with E-state index in [1.165, 1.54) is 17.0 Å². The van der Waals surface area contributed by atoms with E-state index in [1.54, 1.807) is 26.2 Å². The molecule has 1 unspecified atom stereocenters. The lowest BCUT2D eigenvalue weighted by Crippen LogP contribution is -2.38. The molecule has 0 spiro atoms. The van der Waals surface area contributed by atoms with E-state index in [-0.39, 0.29) is 17.8 Å². The number of nitrogens with zero attached hydrogens (tertiary/aromatic N) is 2. The van der Waals surface area contributed by atoms with Gasteiger partial charge in [-0.25, -0.2) is 4.79 Å². The molecule has 0 aliphatic carbocycles. The Morgan fingerprint density at radius 3 is 2.40 bits per heavy atom. The number of nitrogens with one attached hydrogen (secondary N) is 2. The first-order valence-electron chi connectivity index (χ1n) is 6.34. The Hall–Kier alpha value is -2.15. The van der Waals surface area contributed by atoms with Crippen molar-refractivity contribution in [1.82, 2.24) is 15.5 Å². The van der Waals surface area contributed by atoms with Crippen LogP contribution in [-0.4, -0.2) is 43.0 Å². The van der Waals surface area contributed by atoms with Gasteiger partial charge in [0, 0.05) is 45.4 Å². The fraction of sp³-hybridized carbons (Fsp3) is 0.462. The van der Waals surface area contributed by atoms with E-state index in [0.717, 1.165) is 5.56 Å². The van der Waals surface area contributed by atoms with E-state index in [0.29, 0.717) is 13.1 Å². The average Bonchev–Trinajstić information content (AvgIpc) is 2.43. The van der Waals surface area contributed by atoms with Crippen molar-refractivity contribution in [2.75, 3.05) is 27.2 Å². The van der Waals surface area contributed by atoms with Crippen LogP contribution >= 0.6 is 0 Å². The SMILES string of the molecule is CC(NCCNC(=O)N(C)C)c1ccc([N+](=O)[O-])cc1. The number of carbonyl (C=O) groups excluding carboxylic acids is 1. The van der Waals surface area contributed by atoms with E-state index in [1.807, 2.05) is 6.92 Å². The summed E-state index contributed by atoms with van der Waals surface area (Å²) in [6.07, 6.45) is 0. The molecule has 0 saturated heterocycles. The molecule has 110 valence electrons. The predicted molar refractivity (Wildman–Crippen MR) is 76.6 cm³/mol. The van der Waals surface area contributed by atoms with Gasteiger partial charge in [0.1, 0.15) is 0 Å². The van der Waals surface area contributed by atoms with Crippen LogP contribution in [0.15, 0.2) is 24.3 Å². The molecular formula is C13H20N4O3. The van der Waals surface area contributed by atoms with Gasteiger partial charge in [-0.15, -0.1) is 0 Å². The summed E-state index contributed by atoms with van der Waals surface area (Å²) in [7, 11) is 3.37. The molecule has 2 N–H and O–H groups in total. The maximum absolute atomic E-state index is 11.3. The first-order chi connectivity index (χ1) is 9.41. The third kappa shape index (κ3) is 4.85. The summed E-state index contributed by atoms with van der Waals surface area (Å²) in [5.74, 6) is 0. The lowest BCUT2D eigenvalue weighted by atomic mass is 10.1. The summed E-state index contributed by atoms with van der Waals surface area (Å²) in [4.78, 5) is 22.9. The van der Waals surface area contributed by atoms with Crippen molar-refractivity contribution in [3.8, 4) is 0 Å². The van der Waals surface area contributed by atoms with Crippen LogP contribution in [0.3, 0.4) is 0 Å². The molecule has 0 fully saturated rings. The number of amides is 2. The van der Waals surface area contributed by atoms with Gasteiger partial charge in [-0.3, -0.25) is 10.1 Å². The number of urea groups is 1. The van der Waals surface area contributed by atoms with Crippen molar-refractivity contribution >= 4 is 11.7 Å². The van der Waals surface area contributed by atoms with Gasteiger partial charge in [0.15, 0.2) is 0 Å². The summed E-state index contributed by atoms with van der Waals surface area (Å²) in [6.45, 7) is 3.11. The first kappa shape index (κ1) is 15.9. The second kappa shape index (κ2) is 7.44. The van der Waals surface area contributed by atoms with Crippen molar-refractivity contribution in [2.45, 2.75) is 13.0 Å². The first-order valence-corrected chi connectivity index (χ1v) is 6.34. The summed E-state index contributed by atoms with van der Waals surface area (Å²) in [5.41, 5.74) is 1.05. The Labute approximate surface area is 118 Å². The third-order valence-electron chi connectivity index (χ3n) is 2.86. The number of carbonyl (C=O) groups is 1. The number of rotatable bonds is 6. The molecule has 20 heavy (non-hydrogen) atoms. The highest BCUT2D eigenvalue weighted by atomic mass is 16.6. The standard InChI is InChI=1S/C13H20N4O3/c1-10(14-8-9-15-13(18)16(2)3)11-4-6-12(7-5-11)17(19)20/h4-7,10,14H,8-9H2,1-3H3,(H,15,18). The van der Waals surface area contributed by atoms with Crippen LogP contribution in [0.5, 0.6) is 0 Å². The Balaban J connectivity index is 2.37. The van der Waals surface area contributed by atoms with E-state index in [9.17, 15) is 14.9 Å². The summed E-state index contributed by atoms with van der Waals surface area (Å²) in [6, 6.07) is 6.37. The van der Waals surface area contributed by atoms with Gasteiger partial charge in [0.05, 0.1) is 4.92 Å². The molecule has 1 aromatic rings. The van der Waals surface area contributed by atoms with E-state index < -0.39 is 4.92 Å². The van der Waals surface area contributed by atoms with Gasteiger partial charge in [0.2, 0.25) is 0 Å². The Bertz CT molecular complexity index is 459. The number of hydrogen-bond donors (Lipinski definition) is 2. The minimum Gasteiger partial charge on any atom is -0.337 e. The molecular weight excluding hydrogens is 260 g/mol. The fourth-order valence-electron chi connectivity index (χ4n) is 1.62. The second-order valence-electron chi connectivity index (χ2n) is 4.65. The highest BCUT2D eigenvalue weighted by Crippen LogP contribution is 2.17. The highest BCUT2D eigenvalue weighted by molar-refractivity contribution is 5.73. The lowest BCUT2D eigenvalue weighted by molar-refractivity contribution is -0.384. The number of hydrogen-bond acceptors (Lipinski definition) is 4. The second-order valence-corrected chi connectivity index (χ2v) is 4.65. The number of benzene rings is 1. The molecule has 0 aliphatic rings. The molecule has 1 aromatic carbocycles. The molecule has 0 heterocycles. The molecule has 0 aromatic heterocycles. The zero-order chi connectivity index (χ0) is 15.1. The number of non-ortho nitro benzene ring substituents is 1. The lowest BCUT2D eigenvalue weighted by Gasteiger charge is -2.16. The van der Waals surface area contributed by atoms with Crippen molar-refractivity contribution in [3.63, 3.8) is 0 Å². The molecule has 7 heteroatoms. The van der Waals surface area contributed by atoms with Crippen LogP contribution in [0.2, 0.25) is 0 Å². The molecule has 1 rings (SSSR count). The van der Waals surface area contributed by atoms with Gasteiger partial charge in [-0.1, -0.05) is 12.1 Å². The highest BCUT2D eigenvalue weighted by Gasteiger charge is 2.08. The van der Waals surface area contributed by atoms with Gasteiger partial charge >= 0.3 is 6.03 Å². The van der Waals surface area contributed by atoms with Gasteiger partial charge in [-0.05, 0) is 12.5 Å². The van der Waals surface area contributed by atoms with Gasteiger partial charge in [0.25, 0.3) is 5.69 Å². The molecule has 0 bridgehead atoms. The normalized spacial score (nSPS) is 11.8. The van der Waals surface area contributed by atoms with Gasteiger partial charge < -0.3 is 15.5 Å². The number of nitro benzene ring substituents is 1. The maximum atomic E-state index is 11.3. The summed E-state index contributed by atoms with van der Waals surface area (Å²) < 4.78 is 0. The average molecular weight is 280 g/mol. The minimum atomic E-state index is -0.418.